The maximum Gasteiger partial charge on any atom is 0.147 e. The molecule has 4 nitrogen and oxygen atoms in total. The fourth-order valence-corrected chi connectivity index (χ4v) is 2.77. The molecular weight excluding hydrogens is 226 g/mol. The van der Waals surface area contributed by atoms with Crippen LogP contribution in [0.4, 0.5) is 0 Å². The summed E-state index contributed by atoms with van der Waals surface area (Å²) in [5.41, 5.74) is 0. The smallest absolute Gasteiger partial charge is 0.147 e. The molecular formula is C11H21NO3S. The number of hydrogen-bond acceptors (Lipinski definition) is 4. The highest BCUT2D eigenvalue weighted by Crippen LogP contribution is 2.17. The number of nitrogens with zero attached hydrogens (tertiary/aromatic N) is 1. The number of rotatable bonds is 5. The van der Waals surface area contributed by atoms with Crippen molar-refractivity contribution >= 4 is 15.6 Å². The summed E-state index contributed by atoms with van der Waals surface area (Å²) in [7, 11) is -2.83. The molecule has 1 saturated heterocycles. The number of piperidine rings is 1. The fraction of sp³-hybridized carbons (Fsp3) is 0.909. The van der Waals surface area contributed by atoms with Crippen molar-refractivity contribution in [1.29, 1.82) is 0 Å². The molecule has 1 heterocycles. The lowest BCUT2D eigenvalue weighted by molar-refractivity contribution is -0.122. The maximum atomic E-state index is 11.2. The van der Waals surface area contributed by atoms with E-state index < -0.39 is 9.84 Å². The van der Waals surface area contributed by atoms with Crippen molar-refractivity contribution in [2.75, 3.05) is 31.6 Å². The van der Waals surface area contributed by atoms with Crippen LogP contribution in [0.5, 0.6) is 0 Å². The molecule has 0 spiro atoms. The Morgan fingerprint density at radius 2 is 1.88 bits per heavy atom. The van der Waals surface area contributed by atoms with Crippen LogP contribution in [-0.4, -0.2) is 50.7 Å². The van der Waals surface area contributed by atoms with E-state index in [1.807, 2.05) is 0 Å². The van der Waals surface area contributed by atoms with Crippen molar-refractivity contribution in [3.05, 3.63) is 0 Å². The lowest BCUT2D eigenvalue weighted by Crippen LogP contribution is -2.36. The Morgan fingerprint density at radius 3 is 2.31 bits per heavy atom. The highest BCUT2D eigenvalue weighted by atomic mass is 32.2. The van der Waals surface area contributed by atoms with E-state index in [1.165, 1.54) is 6.26 Å². The minimum Gasteiger partial charge on any atom is -0.303 e. The van der Waals surface area contributed by atoms with Gasteiger partial charge in [-0.15, -0.1) is 0 Å². The van der Waals surface area contributed by atoms with Gasteiger partial charge in [0.2, 0.25) is 0 Å². The van der Waals surface area contributed by atoms with Gasteiger partial charge in [0.25, 0.3) is 0 Å². The summed E-state index contributed by atoms with van der Waals surface area (Å²) in [6, 6.07) is 0. The number of sulfone groups is 1. The first-order chi connectivity index (χ1) is 7.38. The molecule has 0 aromatic carbocycles. The third kappa shape index (κ3) is 5.07. The Balaban J connectivity index is 2.20. The van der Waals surface area contributed by atoms with Gasteiger partial charge in [-0.2, -0.15) is 0 Å². The van der Waals surface area contributed by atoms with E-state index in [4.69, 9.17) is 0 Å². The minimum absolute atomic E-state index is 0.228. The fourth-order valence-electron chi connectivity index (χ4n) is 2.11. The zero-order valence-corrected chi connectivity index (χ0v) is 10.9. The maximum absolute atomic E-state index is 11.2. The van der Waals surface area contributed by atoms with Crippen molar-refractivity contribution < 1.29 is 13.2 Å². The van der Waals surface area contributed by atoms with Gasteiger partial charge in [0.15, 0.2) is 0 Å². The lowest BCUT2D eigenvalue weighted by atomic mass is 9.93. The van der Waals surface area contributed by atoms with Crippen molar-refractivity contribution in [2.45, 2.75) is 26.2 Å². The Labute approximate surface area is 97.9 Å². The minimum atomic E-state index is -2.83. The first kappa shape index (κ1) is 13.6. The second-order valence-electron chi connectivity index (χ2n) is 4.71. The highest BCUT2D eigenvalue weighted by molar-refractivity contribution is 7.90. The molecule has 1 aliphatic heterocycles. The van der Waals surface area contributed by atoms with Crippen molar-refractivity contribution in [1.82, 2.24) is 4.90 Å². The van der Waals surface area contributed by atoms with E-state index in [1.54, 1.807) is 6.92 Å². The first-order valence-corrected chi connectivity index (χ1v) is 7.85. The van der Waals surface area contributed by atoms with Crippen LogP contribution in [0.1, 0.15) is 26.2 Å². The first-order valence-electron chi connectivity index (χ1n) is 5.79. The van der Waals surface area contributed by atoms with Crippen LogP contribution in [0, 0.1) is 5.92 Å². The van der Waals surface area contributed by atoms with Crippen LogP contribution in [0.2, 0.25) is 0 Å². The van der Waals surface area contributed by atoms with Gasteiger partial charge >= 0.3 is 0 Å². The molecule has 5 heteroatoms. The quantitative estimate of drug-likeness (QED) is 0.718. The molecule has 1 fully saturated rings. The van der Waals surface area contributed by atoms with Crippen LogP contribution in [0.15, 0.2) is 0 Å². The molecule has 0 amide bonds. The zero-order valence-electron chi connectivity index (χ0n) is 10.1. The molecule has 0 saturated carbocycles. The number of carbonyl (C=O) groups is 1. The lowest BCUT2D eigenvalue weighted by Gasteiger charge is -2.30. The largest absolute Gasteiger partial charge is 0.303 e. The summed E-state index contributed by atoms with van der Waals surface area (Å²) in [6.07, 6.45) is 3.82. The Bertz CT molecular complexity index is 329. The van der Waals surface area contributed by atoms with Crippen molar-refractivity contribution in [2.24, 2.45) is 5.92 Å². The normalized spacial score (nSPS) is 19.9. The summed E-state index contributed by atoms with van der Waals surface area (Å²) in [4.78, 5) is 13.4. The molecule has 0 bridgehead atoms. The molecule has 0 aromatic heterocycles. The third-order valence-corrected chi connectivity index (χ3v) is 4.18. The number of likely N-dealkylation sites (tertiary alicyclic amines) is 1. The van der Waals surface area contributed by atoms with E-state index in [9.17, 15) is 13.2 Å². The molecule has 0 aromatic rings. The van der Waals surface area contributed by atoms with Crippen molar-refractivity contribution in [3.63, 3.8) is 0 Å². The van der Waals surface area contributed by atoms with Gasteiger partial charge in [-0.25, -0.2) is 8.42 Å². The molecule has 1 aliphatic rings. The molecule has 0 radical (unpaired) electrons. The topological polar surface area (TPSA) is 54.5 Å². The van der Waals surface area contributed by atoms with Crippen LogP contribution in [-0.2, 0) is 14.6 Å². The van der Waals surface area contributed by atoms with Gasteiger partial charge in [-0.3, -0.25) is 4.79 Å². The second kappa shape index (κ2) is 5.77. The van der Waals surface area contributed by atoms with Gasteiger partial charge in [-0.1, -0.05) is 0 Å². The van der Waals surface area contributed by atoms with Gasteiger partial charge in [0.1, 0.15) is 15.6 Å². The number of Topliss-reactive ketones (excluding diaryl/α,β-unsaturated/α-hetero) is 1. The summed E-state index contributed by atoms with van der Waals surface area (Å²) in [5, 5.41) is 0. The van der Waals surface area contributed by atoms with E-state index in [0.29, 0.717) is 6.42 Å². The van der Waals surface area contributed by atoms with E-state index in [-0.39, 0.29) is 17.5 Å². The van der Waals surface area contributed by atoms with Crippen LogP contribution < -0.4 is 0 Å². The molecule has 0 N–H and O–H groups in total. The summed E-state index contributed by atoms with van der Waals surface area (Å²) in [5.74, 6) is 0.779. The molecule has 0 aliphatic carbocycles. The molecule has 0 atom stereocenters. The SMILES string of the molecule is CC(=O)C1CCN(CCCS(C)(=O)=O)CC1. The Kier molecular flexibility index (Phi) is 4.92. The van der Waals surface area contributed by atoms with Gasteiger partial charge in [0, 0.05) is 12.2 Å². The predicted octanol–water partition coefficient (Wildman–Crippen LogP) is 0.722. The van der Waals surface area contributed by atoms with E-state index in [2.05, 4.69) is 4.90 Å². The van der Waals surface area contributed by atoms with Crippen LogP contribution >= 0.6 is 0 Å². The number of carbonyl (C=O) groups excluding carboxylic acids is 1. The number of ketones is 1. The monoisotopic (exact) mass is 247 g/mol. The van der Waals surface area contributed by atoms with Crippen LogP contribution in [0.3, 0.4) is 0 Å². The van der Waals surface area contributed by atoms with E-state index in [0.717, 1.165) is 32.5 Å². The molecule has 16 heavy (non-hydrogen) atoms. The Hall–Kier alpha value is -0.420. The molecule has 0 unspecified atom stereocenters. The van der Waals surface area contributed by atoms with Gasteiger partial charge in [0.05, 0.1) is 5.75 Å². The summed E-state index contributed by atoms with van der Waals surface area (Å²) < 4.78 is 21.9. The molecule has 94 valence electrons. The van der Waals surface area contributed by atoms with Gasteiger partial charge in [-0.05, 0) is 45.8 Å². The standard InChI is InChI=1S/C11H21NO3S/c1-10(13)11-4-7-12(8-5-11)6-3-9-16(2,14)15/h11H,3-9H2,1-2H3. The Morgan fingerprint density at radius 1 is 1.31 bits per heavy atom. The third-order valence-electron chi connectivity index (χ3n) is 3.15. The van der Waals surface area contributed by atoms with Crippen molar-refractivity contribution in [3.8, 4) is 0 Å². The van der Waals surface area contributed by atoms with Gasteiger partial charge < -0.3 is 4.90 Å². The van der Waals surface area contributed by atoms with E-state index >= 15 is 0 Å². The average molecular weight is 247 g/mol. The van der Waals surface area contributed by atoms with Crippen LogP contribution in [0.25, 0.3) is 0 Å². The number of hydrogen-bond donors (Lipinski definition) is 0. The summed E-state index contributed by atoms with van der Waals surface area (Å²) >= 11 is 0. The predicted molar refractivity (Wildman–Crippen MR) is 64.2 cm³/mol. The summed E-state index contributed by atoms with van der Waals surface area (Å²) in [6.45, 7) is 4.34. The second-order valence-corrected chi connectivity index (χ2v) is 6.97. The average Bonchev–Trinajstić information content (AvgIpc) is 2.16. The molecule has 1 rings (SSSR count). The highest BCUT2D eigenvalue weighted by Gasteiger charge is 2.21. The zero-order chi connectivity index (χ0) is 12.2.